The molecule has 0 aliphatic carbocycles. The fourth-order valence-electron chi connectivity index (χ4n) is 3.07. The second kappa shape index (κ2) is 21.2. The first-order chi connectivity index (χ1) is 17.4. The van der Waals surface area contributed by atoms with Crippen molar-refractivity contribution in [2.45, 2.75) is 53.4 Å². The Morgan fingerprint density at radius 1 is 1.06 bits per heavy atom. The highest BCUT2D eigenvalue weighted by atomic mass is 32.2. The maximum atomic E-state index is 11.8. The standard InChI is InChI=1S/C24H36N2O3.C6H8S/c1-6-10-13-14-19(5)29-23-21(25-9-4)17-20(24(27)28)18-22(23)26(15-11-7-2)16-12-8-3;1-3-5-6-7-4-2/h6,10,13-14,17-18,25H,1,7-9,11-12,15-16H2,2-5H3,(H,27,28);3-6H,1-2H2/b13-10-,19-14+;6-5-. The minimum atomic E-state index is -0.941. The number of carbonyl (C=O) groups is 1. The quantitative estimate of drug-likeness (QED) is 0.161. The van der Waals surface area contributed by atoms with Crippen molar-refractivity contribution in [3.8, 4) is 5.75 Å². The Morgan fingerprint density at radius 3 is 2.19 bits per heavy atom. The molecule has 1 aromatic carbocycles. The SMILES string of the molecule is C=C/C=C\C=C(/C)Oc1c(NCC)cc(C(=O)O)cc1N(CCCC)CCCC.C=C/C=C\SC=C. The molecule has 0 aliphatic heterocycles. The van der Waals surface area contributed by atoms with Gasteiger partial charge in [-0.3, -0.25) is 0 Å². The van der Waals surface area contributed by atoms with Crippen LogP contribution in [0.1, 0.15) is 63.7 Å². The van der Waals surface area contributed by atoms with E-state index in [1.165, 1.54) is 0 Å². The monoisotopic (exact) mass is 512 g/mol. The minimum absolute atomic E-state index is 0.259. The van der Waals surface area contributed by atoms with E-state index < -0.39 is 5.97 Å². The van der Waals surface area contributed by atoms with Gasteiger partial charge >= 0.3 is 5.97 Å². The lowest BCUT2D eigenvalue weighted by molar-refractivity contribution is 0.0697. The summed E-state index contributed by atoms with van der Waals surface area (Å²) in [5.41, 5.74) is 1.78. The predicted octanol–water partition coefficient (Wildman–Crippen LogP) is 8.81. The molecule has 0 saturated carbocycles. The van der Waals surface area contributed by atoms with Crippen LogP contribution in [0.2, 0.25) is 0 Å². The van der Waals surface area contributed by atoms with Crippen LogP contribution < -0.4 is 15.0 Å². The molecule has 36 heavy (non-hydrogen) atoms. The molecule has 0 heterocycles. The van der Waals surface area contributed by atoms with Crippen molar-refractivity contribution in [3.63, 3.8) is 0 Å². The largest absolute Gasteiger partial charge is 0.478 e. The third-order valence-electron chi connectivity index (χ3n) is 4.82. The Kier molecular flexibility index (Phi) is 19.4. The van der Waals surface area contributed by atoms with Crippen molar-refractivity contribution in [3.05, 3.63) is 90.5 Å². The number of carboxylic acid groups (broad SMARTS) is 1. The van der Waals surface area contributed by atoms with Crippen LogP contribution in [0, 0.1) is 0 Å². The molecule has 0 atom stereocenters. The van der Waals surface area contributed by atoms with Crippen LogP contribution in [0.15, 0.2) is 84.9 Å². The molecule has 0 saturated heterocycles. The Labute approximate surface area is 223 Å². The molecule has 0 bridgehead atoms. The number of unbranched alkanes of at least 4 members (excludes halogenated alkanes) is 2. The number of hydrogen-bond donors (Lipinski definition) is 2. The fraction of sp³-hybridized carbons (Fsp3) is 0.367. The van der Waals surface area contributed by atoms with Crippen molar-refractivity contribution < 1.29 is 14.6 Å². The predicted molar refractivity (Wildman–Crippen MR) is 160 cm³/mol. The average molecular weight is 513 g/mol. The van der Waals surface area contributed by atoms with Crippen LogP contribution in [-0.4, -0.2) is 30.7 Å². The molecular weight excluding hydrogens is 468 g/mol. The van der Waals surface area contributed by atoms with Gasteiger partial charge in [-0.1, -0.05) is 76.8 Å². The zero-order valence-corrected chi connectivity index (χ0v) is 23.3. The van der Waals surface area contributed by atoms with Crippen LogP contribution in [0.4, 0.5) is 11.4 Å². The smallest absolute Gasteiger partial charge is 0.335 e. The van der Waals surface area contributed by atoms with Gasteiger partial charge in [0.2, 0.25) is 0 Å². The fourth-order valence-corrected chi connectivity index (χ4v) is 3.39. The molecule has 1 rings (SSSR count). The summed E-state index contributed by atoms with van der Waals surface area (Å²) in [7, 11) is 0. The van der Waals surface area contributed by atoms with Crippen LogP contribution >= 0.6 is 11.8 Å². The Balaban J connectivity index is 0.00000152. The molecule has 0 aromatic heterocycles. The van der Waals surface area contributed by atoms with E-state index in [0.29, 0.717) is 18.0 Å². The number of ether oxygens (including phenoxy) is 1. The van der Waals surface area contributed by atoms with Crippen LogP contribution in [0.3, 0.4) is 0 Å². The van der Waals surface area contributed by atoms with Crippen molar-refractivity contribution >= 4 is 29.1 Å². The van der Waals surface area contributed by atoms with Crippen molar-refractivity contribution in [2.75, 3.05) is 29.9 Å². The highest BCUT2D eigenvalue weighted by Crippen LogP contribution is 2.39. The van der Waals surface area contributed by atoms with E-state index in [-0.39, 0.29) is 5.56 Å². The van der Waals surface area contributed by atoms with Gasteiger partial charge in [-0.05, 0) is 55.7 Å². The first-order valence-electron chi connectivity index (χ1n) is 12.5. The van der Waals surface area contributed by atoms with Gasteiger partial charge < -0.3 is 20.1 Å². The van der Waals surface area contributed by atoms with E-state index in [4.69, 9.17) is 4.74 Å². The van der Waals surface area contributed by atoms with E-state index in [1.54, 1.807) is 41.5 Å². The Bertz CT molecular complexity index is 896. The number of benzene rings is 1. The highest BCUT2D eigenvalue weighted by Gasteiger charge is 2.20. The number of allylic oxidation sites excluding steroid dienone is 7. The molecule has 0 unspecified atom stereocenters. The van der Waals surface area contributed by atoms with Gasteiger partial charge in [-0.15, -0.1) is 11.8 Å². The van der Waals surface area contributed by atoms with Gasteiger partial charge in [0.1, 0.15) is 5.76 Å². The molecule has 198 valence electrons. The number of rotatable bonds is 17. The van der Waals surface area contributed by atoms with Crippen molar-refractivity contribution in [1.29, 1.82) is 0 Å². The Hall–Kier alpha value is -3.12. The molecule has 1 aromatic rings. The zero-order valence-electron chi connectivity index (χ0n) is 22.5. The summed E-state index contributed by atoms with van der Waals surface area (Å²) < 4.78 is 6.23. The van der Waals surface area contributed by atoms with E-state index in [2.05, 4.69) is 43.8 Å². The van der Waals surface area contributed by atoms with E-state index in [1.807, 2.05) is 43.6 Å². The summed E-state index contributed by atoms with van der Waals surface area (Å²) >= 11 is 1.54. The first-order valence-corrected chi connectivity index (χ1v) is 13.4. The number of carboxylic acids is 1. The molecular formula is C30H44N2O3S. The molecule has 0 fully saturated rings. The van der Waals surface area contributed by atoms with Gasteiger partial charge in [0.25, 0.3) is 0 Å². The number of thioether (sulfide) groups is 1. The van der Waals surface area contributed by atoms with Gasteiger partial charge in [-0.25, -0.2) is 4.79 Å². The maximum Gasteiger partial charge on any atom is 0.335 e. The summed E-state index contributed by atoms with van der Waals surface area (Å²) in [4.78, 5) is 14.0. The lowest BCUT2D eigenvalue weighted by Crippen LogP contribution is -2.27. The van der Waals surface area contributed by atoms with Gasteiger partial charge in [0, 0.05) is 19.6 Å². The molecule has 0 radical (unpaired) electrons. The number of nitrogens with zero attached hydrogens (tertiary/aromatic N) is 1. The van der Waals surface area contributed by atoms with Crippen LogP contribution in [0.5, 0.6) is 5.75 Å². The third-order valence-corrected chi connectivity index (χ3v) is 5.32. The van der Waals surface area contributed by atoms with E-state index >= 15 is 0 Å². The average Bonchev–Trinajstić information content (AvgIpc) is 2.86. The van der Waals surface area contributed by atoms with Crippen LogP contribution in [-0.2, 0) is 0 Å². The highest BCUT2D eigenvalue weighted by molar-refractivity contribution is 8.04. The maximum absolute atomic E-state index is 11.8. The second-order valence-electron chi connectivity index (χ2n) is 7.77. The van der Waals surface area contributed by atoms with Crippen LogP contribution in [0.25, 0.3) is 0 Å². The molecule has 2 N–H and O–H groups in total. The zero-order chi connectivity index (χ0) is 27.2. The van der Waals surface area contributed by atoms with Gasteiger partial charge in [0.15, 0.2) is 5.75 Å². The third kappa shape index (κ3) is 13.7. The summed E-state index contributed by atoms with van der Waals surface area (Å²) in [6.45, 7) is 21.3. The van der Waals surface area contributed by atoms with Crippen molar-refractivity contribution in [1.82, 2.24) is 0 Å². The number of hydrogen-bond acceptors (Lipinski definition) is 5. The lowest BCUT2D eigenvalue weighted by atomic mass is 10.1. The first kappa shape index (κ1) is 32.9. The molecule has 5 nitrogen and oxygen atoms in total. The van der Waals surface area contributed by atoms with Gasteiger partial charge in [0.05, 0.1) is 16.9 Å². The number of nitrogens with one attached hydrogen (secondary N) is 1. The van der Waals surface area contributed by atoms with Gasteiger partial charge in [-0.2, -0.15) is 0 Å². The minimum Gasteiger partial charge on any atom is -0.478 e. The molecule has 6 heteroatoms. The second-order valence-corrected chi connectivity index (χ2v) is 8.65. The summed E-state index contributed by atoms with van der Waals surface area (Å²) in [5.74, 6) is 0.450. The van der Waals surface area contributed by atoms with Crippen molar-refractivity contribution in [2.24, 2.45) is 0 Å². The number of aromatic carboxylic acids is 1. The Morgan fingerprint density at radius 2 is 1.69 bits per heavy atom. The van der Waals surface area contributed by atoms with E-state index in [0.717, 1.165) is 50.2 Å². The molecule has 0 spiro atoms. The lowest BCUT2D eigenvalue weighted by Gasteiger charge is -2.28. The molecule has 0 aliphatic rings. The molecule has 0 amide bonds. The summed E-state index contributed by atoms with van der Waals surface area (Å²) in [5, 5.41) is 16.6. The number of anilines is 2. The topological polar surface area (TPSA) is 61.8 Å². The summed E-state index contributed by atoms with van der Waals surface area (Å²) in [6, 6.07) is 3.38. The normalized spacial score (nSPS) is 11.1. The van der Waals surface area contributed by atoms with E-state index in [9.17, 15) is 9.90 Å². The summed E-state index contributed by atoms with van der Waals surface area (Å²) in [6.07, 6.45) is 15.1.